The summed E-state index contributed by atoms with van der Waals surface area (Å²) in [7, 11) is -4.50. The topological polar surface area (TPSA) is 85.2 Å². The van der Waals surface area contributed by atoms with E-state index in [1.165, 1.54) is 50.7 Å². The van der Waals surface area contributed by atoms with Gasteiger partial charge in [-0.25, -0.2) is 14.3 Å². The zero-order valence-corrected chi connectivity index (χ0v) is 16.1. The van der Waals surface area contributed by atoms with Gasteiger partial charge in [0.05, 0.1) is 5.02 Å². The Balaban J connectivity index is 0.000000132. The summed E-state index contributed by atoms with van der Waals surface area (Å²) in [5.41, 5.74) is 0.549. The van der Waals surface area contributed by atoms with Crippen LogP contribution >= 0.6 is 19.4 Å². The number of benzene rings is 1. The SMILES string of the molecule is C1C2CC3CC1CC(C1COO1)(C2)C3.O=P(O)(O)Oc1ccccc1Cl. The highest BCUT2D eigenvalue weighted by Crippen LogP contribution is 2.62. The first-order chi connectivity index (χ1) is 12.3. The van der Waals surface area contributed by atoms with Crippen molar-refractivity contribution < 1.29 is 28.7 Å². The van der Waals surface area contributed by atoms with Gasteiger partial charge < -0.3 is 4.52 Å². The van der Waals surface area contributed by atoms with Crippen LogP contribution in [0.3, 0.4) is 0 Å². The Morgan fingerprint density at radius 3 is 2.04 bits per heavy atom. The average Bonchev–Trinajstić information content (AvgIpc) is 2.45. The molecule has 0 spiro atoms. The maximum atomic E-state index is 10.4. The molecule has 2 N–H and O–H groups in total. The summed E-state index contributed by atoms with van der Waals surface area (Å²) in [6.07, 6.45) is 9.33. The molecule has 1 atom stereocenters. The van der Waals surface area contributed by atoms with Gasteiger partial charge in [0.25, 0.3) is 0 Å². The fourth-order valence-electron chi connectivity index (χ4n) is 5.63. The van der Waals surface area contributed by atoms with Gasteiger partial charge in [-0.2, -0.15) is 0 Å². The molecule has 4 aliphatic carbocycles. The van der Waals surface area contributed by atoms with Crippen molar-refractivity contribution in [1.82, 2.24) is 0 Å². The summed E-state index contributed by atoms with van der Waals surface area (Å²) < 4.78 is 14.6. The van der Waals surface area contributed by atoms with Crippen molar-refractivity contribution in [2.24, 2.45) is 23.2 Å². The van der Waals surface area contributed by atoms with Crippen molar-refractivity contribution in [3.05, 3.63) is 29.3 Å². The van der Waals surface area contributed by atoms with Gasteiger partial charge in [-0.1, -0.05) is 23.7 Å². The number of hydrogen-bond acceptors (Lipinski definition) is 4. The second-order valence-electron chi connectivity index (χ2n) is 8.16. The maximum Gasteiger partial charge on any atom is 0.524 e. The number of hydrogen-bond donors (Lipinski definition) is 2. The quantitative estimate of drug-likeness (QED) is 0.577. The second kappa shape index (κ2) is 7.08. The van der Waals surface area contributed by atoms with Crippen molar-refractivity contribution in [3.8, 4) is 5.75 Å². The smallest absolute Gasteiger partial charge is 0.403 e. The normalized spacial score (nSPS) is 37.5. The van der Waals surface area contributed by atoms with Crippen LogP contribution in [0.15, 0.2) is 24.3 Å². The maximum absolute atomic E-state index is 10.4. The lowest BCUT2D eigenvalue weighted by Gasteiger charge is -2.59. The first kappa shape index (κ1) is 18.7. The largest absolute Gasteiger partial charge is 0.524 e. The van der Waals surface area contributed by atoms with Gasteiger partial charge in [0.15, 0.2) is 0 Å². The molecule has 1 heterocycles. The predicted octanol–water partition coefficient (Wildman–Crippen LogP) is 4.34. The van der Waals surface area contributed by atoms with Crippen LogP contribution in [0.2, 0.25) is 5.02 Å². The molecule has 1 aromatic carbocycles. The highest BCUT2D eigenvalue weighted by Gasteiger charge is 2.56. The highest BCUT2D eigenvalue weighted by molar-refractivity contribution is 7.46. The monoisotopic (exact) mass is 402 g/mol. The van der Waals surface area contributed by atoms with E-state index in [9.17, 15) is 4.57 Å². The van der Waals surface area contributed by atoms with Crippen LogP contribution < -0.4 is 4.52 Å². The third kappa shape index (κ3) is 3.96. The molecule has 1 unspecified atom stereocenters. The van der Waals surface area contributed by atoms with Crippen molar-refractivity contribution in [3.63, 3.8) is 0 Å². The van der Waals surface area contributed by atoms with E-state index in [0.717, 1.165) is 24.4 Å². The molecule has 4 bridgehead atoms. The van der Waals surface area contributed by atoms with Crippen LogP contribution in [0.5, 0.6) is 5.75 Å². The Hall–Kier alpha value is -0.620. The molecule has 26 heavy (non-hydrogen) atoms. The molecule has 1 aliphatic heterocycles. The first-order valence-corrected chi connectivity index (χ1v) is 11.0. The number of halogens is 1. The van der Waals surface area contributed by atoms with Crippen LogP contribution in [0, 0.1) is 23.2 Å². The Bertz CT molecular complexity index is 665. The van der Waals surface area contributed by atoms with E-state index >= 15 is 0 Å². The molecule has 0 amide bonds. The summed E-state index contributed by atoms with van der Waals surface area (Å²) in [6, 6.07) is 6.06. The zero-order valence-electron chi connectivity index (χ0n) is 14.4. The minimum absolute atomic E-state index is 0.0208. The third-order valence-electron chi connectivity index (χ3n) is 6.23. The minimum Gasteiger partial charge on any atom is -0.403 e. The number of para-hydroxylation sites is 1. The minimum atomic E-state index is -4.50. The van der Waals surface area contributed by atoms with E-state index in [0.29, 0.717) is 11.5 Å². The molecule has 6 nitrogen and oxygen atoms in total. The van der Waals surface area contributed by atoms with Crippen molar-refractivity contribution >= 4 is 19.4 Å². The Morgan fingerprint density at radius 1 is 1.08 bits per heavy atom. The van der Waals surface area contributed by atoms with Gasteiger partial charge in [0.1, 0.15) is 18.5 Å². The van der Waals surface area contributed by atoms with Gasteiger partial charge in [0, 0.05) is 5.41 Å². The van der Waals surface area contributed by atoms with Gasteiger partial charge in [0.2, 0.25) is 0 Å². The average molecular weight is 403 g/mol. The lowest BCUT2D eigenvalue weighted by Crippen LogP contribution is -2.56. The molecular formula is C18H24ClO6P. The number of phosphoric ester groups is 1. The third-order valence-corrected chi connectivity index (χ3v) is 6.97. The van der Waals surface area contributed by atoms with Gasteiger partial charge in [-0.15, -0.1) is 0 Å². The molecule has 8 heteroatoms. The zero-order chi connectivity index (χ0) is 18.4. The van der Waals surface area contributed by atoms with E-state index in [2.05, 4.69) is 4.52 Å². The number of rotatable bonds is 3. The number of phosphoric acid groups is 1. The van der Waals surface area contributed by atoms with Crippen LogP contribution in [-0.2, 0) is 14.3 Å². The molecule has 0 aromatic heterocycles. The second-order valence-corrected chi connectivity index (χ2v) is 9.73. The summed E-state index contributed by atoms with van der Waals surface area (Å²) >= 11 is 5.56. The highest BCUT2D eigenvalue weighted by atomic mass is 35.5. The van der Waals surface area contributed by atoms with E-state index < -0.39 is 7.82 Å². The van der Waals surface area contributed by atoms with E-state index in [1.807, 2.05) is 0 Å². The van der Waals surface area contributed by atoms with E-state index in [4.69, 9.17) is 31.2 Å². The van der Waals surface area contributed by atoms with Crippen molar-refractivity contribution in [2.75, 3.05) is 6.61 Å². The Morgan fingerprint density at radius 2 is 1.62 bits per heavy atom. The van der Waals surface area contributed by atoms with Crippen LogP contribution in [0.4, 0.5) is 0 Å². The molecule has 4 saturated carbocycles. The first-order valence-electron chi connectivity index (χ1n) is 9.11. The van der Waals surface area contributed by atoms with Crippen molar-refractivity contribution in [1.29, 1.82) is 0 Å². The Labute approximate surface area is 158 Å². The fraction of sp³-hybridized carbons (Fsp3) is 0.667. The summed E-state index contributed by atoms with van der Waals surface area (Å²) in [5, 5.41) is 0.167. The molecule has 144 valence electrons. The molecule has 6 rings (SSSR count). The van der Waals surface area contributed by atoms with Crippen LogP contribution in [0.25, 0.3) is 0 Å². The predicted molar refractivity (Wildman–Crippen MR) is 95.6 cm³/mol. The molecule has 5 fully saturated rings. The summed E-state index contributed by atoms with van der Waals surface area (Å²) in [5.74, 6) is 3.08. The summed E-state index contributed by atoms with van der Waals surface area (Å²) in [6.45, 7) is 0.867. The standard InChI is InChI=1S/C12H18O2.C6H6ClO4P/c1-8-2-10-3-9(1)5-12(4-8,6-10)11-7-13-14-11;7-5-3-1-2-4-6(5)11-12(8,9)10/h8-11H,1-7H2;1-4H,(H2,8,9,10). The molecular weight excluding hydrogens is 379 g/mol. The molecule has 0 radical (unpaired) electrons. The van der Waals surface area contributed by atoms with Gasteiger partial charge >= 0.3 is 7.82 Å². The fourth-order valence-corrected chi connectivity index (χ4v) is 6.28. The van der Waals surface area contributed by atoms with Crippen molar-refractivity contribution in [2.45, 2.75) is 44.6 Å². The van der Waals surface area contributed by atoms with Gasteiger partial charge in [-0.05, 0) is 68.4 Å². The molecule has 1 saturated heterocycles. The summed E-state index contributed by atoms with van der Waals surface area (Å²) in [4.78, 5) is 27.1. The van der Waals surface area contributed by atoms with Gasteiger partial charge in [-0.3, -0.25) is 9.79 Å². The Kier molecular flexibility index (Phi) is 5.10. The lowest BCUT2D eigenvalue weighted by molar-refractivity contribution is -0.454. The molecule has 1 aromatic rings. The van der Waals surface area contributed by atoms with Crippen LogP contribution in [-0.4, -0.2) is 22.5 Å². The van der Waals surface area contributed by atoms with E-state index in [1.54, 1.807) is 12.1 Å². The molecule has 5 aliphatic rings. The van der Waals surface area contributed by atoms with E-state index in [-0.39, 0.29) is 10.8 Å². The lowest BCUT2D eigenvalue weighted by atomic mass is 9.48. The van der Waals surface area contributed by atoms with Crippen LogP contribution in [0.1, 0.15) is 38.5 Å².